The highest BCUT2D eigenvalue weighted by molar-refractivity contribution is 9.10. The predicted molar refractivity (Wildman–Crippen MR) is 107 cm³/mol. The molecule has 0 N–H and O–H groups in total. The summed E-state index contributed by atoms with van der Waals surface area (Å²) in [5.41, 5.74) is 3.50. The third kappa shape index (κ3) is 6.08. The minimum Gasteiger partial charge on any atom is -0.407 e. The van der Waals surface area contributed by atoms with Crippen molar-refractivity contribution in [3.05, 3.63) is 53.0 Å². The molecule has 24 heavy (non-hydrogen) atoms. The molecule has 0 saturated heterocycles. The molecule has 2 aromatic carbocycles. The van der Waals surface area contributed by atoms with Crippen LogP contribution in [0.2, 0.25) is 0 Å². The van der Waals surface area contributed by atoms with Crippen molar-refractivity contribution in [2.45, 2.75) is 39.5 Å². The molecule has 0 aliphatic heterocycles. The molecular formula is C20H26BBrO2. The van der Waals surface area contributed by atoms with Crippen molar-refractivity contribution in [3.63, 3.8) is 0 Å². The first-order valence-electron chi connectivity index (χ1n) is 8.83. The van der Waals surface area contributed by atoms with Gasteiger partial charge in [-0.2, -0.15) is 0 Å². The van der Waals surface area contributed by atoms with E-state index in [1.165, 1.54) is 11.1 Å². The molecule has 0 aliphatic carbocycles. The van der Waals surface area contributed by atoms with Gasteiger partial charge < -0.3 is 9.31 Å². The van der Waals surface area contributed by atoms with Crippen LogP contribution in [0.15, 0.2) is 53.0 Å². The Morgan fingerprint density at radius 3 is 1.67 bits per heavy atom. The van der Waals surface area contributed by atoms with Gasteiger partial charge in [0.1, 0.15) is 0 Å². The molecule has 0 aromatic heterocycles. The summed E-state index contributed by atoms with van der Waals surface area (Å²) in [7, 11) is -0.262. The Balaban J connectivity index is 2.06. The highest BCUT2D eigenvalue weighted by atomic mass is 79.9. The molecule has 0 saturated carbocycles. The molecular weight excluding hydrogens is 363 g/mol. The van der Waals surface area contributed by atoms with E-state index in [4.69, 9.17) is 9.31 Å². The van der Waals surface area contributed by atoms with Crippen molar-refractivity contribution in [3.8, 4) is 11.1 Å². The molecule has 0 fully saturated rings. The number of hydrogen-bond acceptors (Lipinski definition) is 2. The average molecular weight is 389 g/mol. The van der Waals surface area contributed by atoms with Crippen molar-refractivity contribution in [1.29, 1.82) is 0 Å². The number of halogens is 1. The van der Waals surface area contributed by atoms with E-state index >= 15 is 0 Å². The summed E-state index contributed by atoms with van der Waals surface area (Å²) >= 11 is 3.48. The molecule has 0 bridgehead atoms. The summed E-state index contributed by atoms with van der Waals surface area (Å²) in [6, 6.07) is 16.9. The third-order valence-corrected chi connectivity index (χ3v) is 4.42. The normalized spacial score (nSPS) is 10.8. The molecule has 0 unspecified atom stereocenters. The SMILES string of the molecule is CCCCOB(OCCCC)c1ccc(-c2ccc(Br)cc2)cc1. The summed E-state index contributed by atoms with van der Waals surface area (Å²) in [6.45, 7) is 5.82. The Bertz CT molecular complexity index is 574. The molecule has 0 heterocycles. The molecule has 0 spiro atoms. The lowest BCUT2D eigenvalue weighted by molar-refractivity contribution is 0.202. The van der Waals surface area contributed by atoms with Crippen LogP contribution in [0.3, 0.4) is 0 Å². The van der Waals surface area contributed by atoms with E-state index in [2.05, 4.69) is 78.3 Å². The van der Waals surface area contributed by atoms with Gasteiger partial charge in [-0.15, -0.1) is 0 Å². The summed E-state index contributed by atoms with van der Waals surface area (Å²) in [6.07, 6.45) is 4.38. The maximum absolute atomic E-state index is 5.95. The standard InChI is InChI=1S/C20H26BBrO2/c1-3-5-15-23-21(24-16-6-4-2)19-11-7-17(8-12-19)18-9-13-20(22)14-10-18/h7-14H,3-6,15-16H2,1-2H3. The Labute approximate surface area is 154 Å². The lowest BCUT2D eigenvalue weighted by Crippen LogP contribution is -2.37. The maximum atomic E-state index is 5.95. The van der Waals surface area contributed by atoms with Gasteiger partial charge in [0.25, 0.3) is 0 Å². The first-order chi connectivity index (χ1) is 11.7. The van der Waals surface area contributed by atoms with Crippen molar-refractivity contribution >= 4 is 28.5 Å². The van der Waals surface area contributed by atoms with E-state index in [0.29, 0.717) is 0 Å². The van der Waals surface area contributed by atoms with Gasteiger partial charge in [-0.3, -0.25) is 0 Å². The minimum atomic E-state index is -0.262. The Kier molecular flexibility index (Phi) is 8.58. The van der Waals surface area contributed by atoms with E-state index in [1.807, 2.05) is 0 Å². The number of unbranched alkanes of at least 4 members (excludes halogenated alkanes) is 2. The minimum absolute atomic E-state index is 0.262. The largest absolute Gasteiger partial charge is 0.493 e. The van der Waals surface area contributed by atoms with E-state index in [9.17, 15) is 0 Å². The monoisotopic (exact) mass is 388 g/mol. The summed E-state index contributed by atoms with van der Waals surface area (Å²) in [5.74, 6) is 0. The summed E-state index contributed by atoms with van der Waals surface area (Å²) < 4.78 is 13.0. The van der Waals surface area contributed by atoms with Crippen LogP contribution < -0.4 is 5.46 Å². The number of rotatable bonds is 10. The quantitative estimate of drug-likeness (QED) is 0.398. The fourth-order valence-electron chi connectivity index (χ4n) is 2.39. The van der Waals surface area contributed by atoms with Gasteiger partial charge in [-0.1, -0.05) is 79.0 Å². The zero-order valence-electron chi connectivity index (χ0n) is 14.6. The van der Waals surface area contributed by atoms with Crippen LogP contribution in [0.25, 0.3) is 11.1 Å². The summed E-state index contributed by atoms with van der Waals surface area (Å²) in [4.78, 5) is 0. The molecule has 0 radical (unpaired) electrons. The van der Waals surface area contributed by atoms with Crippen LogP contribution in [0.1, 0.15) is 39.5 Å². The maximum Gasteiger partial charge on any atom is 0.493 e. The zero-order valence-corrected chi connectivity index (χ0v) is 16.2. The van der Waals surface area contributed by atoms with Crippen LogP contribution in [0.4, 0.5) is 0 Å². The molecule has 2 aromatic rings. The highest BCUT2D eigenvalue weighted by Gasteiger charge is 2.20. The molecule has 0 aliphatic rings. The fourth-order valence-corrected chi connectivity index (χ4v) is 2.65. The predicted octanol–water partition coefficient (Wildman–Crippen LogP) is 5.44. The van der Waals surface area contributed by atoms with Crippen molar-refractivity contribution in [2.24, 2.45) is 0 Å². The number of hydrogen-bond donors (Lipinski definition) is 0. The molecule has 2 nitrogen and oxygen atoms in total. The molecule has 2 rings (SSSR count). The van der Waals surface area contributed by atoms with Crippen LogP contribution in [0, 0.1) is 0 Å². The molecule has 0 atom stereocenters. The van der Waals surface area contributed by atoms with Gasteiger partial charge in [-0.25, -0.2) is 0 Å². The fraction of sp³-hybridized carbons (Fsp3) is 0.400. The Hall–Kier alpha value is -1.10. The third-order valence-electron chi connectivity index (χ3n) is 3.89. The summed E-state index contributed by atoms with van der Waals surface area (Å²) in [5, 5.41) is 0. The first kappa shape index (κ1) is 19.2. The first-order valence-corrected chi connectivity index (χ1v) is 9.63. The highest BCUT2D eigenvalue weighted by Crippen LogP contribution is 2.21. The van der Waals surface area contributed by atoms with E-state index in [0.717, 1.165) is 48.8 Å². The van der Waals surface area contributed by atoms with Crippen molar-refractivity contribution in [2.75, 3.05) is 13.2 Å². The smallest absolute Gasteiger partial charge is 0.407 e. The van der Waals surface area contributed by atoms with E-state index in [-0.39, 0.29) is 7.12 Å². The Morgan fingerprint density at radius 2 is 1.21 bits per heavy atom. The second-order valence-corrected chi connectivity index (χ2v) is 6.83. The van der Waals surface area contributed by atoms with Gasteiger partial charge in [-0.05, 0) is 41.6 Å². The van der Waals surface area contributed by atoms with Crippen LogP contribution >= 0.6 is 15.9 Å². The van der Waals surface area contributed by atoms with E-state index < -0.39 is 0 Å². The number of benzene rings is 2. The van der Waals surface area contributed by atoms with Gasteiger partial charge >= 0.3 is 7.12 Å². The van der Waals surface area contributed by atoms with Gasteiger partial charge in [0, 0.05) is 17.7 Å². The van der Waals surface area contributed by atoms with Crippen LogP contribution in [-0.4, -0.2) is 20.3 Å². The molecule has 128 valence electrons. The van der Waals surface area contributed by atoms with Crippen LogP contribution in [-0.2, 0) is 9.31 Å². The van der Waals surface area contributed by atoms with Gasteiger partial charge in [0.15, 0.2) is 0 Å². The molecule has 4 heteroatoms. The van der Waals surface area contributed by atoms with Crippen molar-refractivity contribution in [1.82, 2.24) is 0 Å². The zero-order chi connectivity index (χ0) is 17.2. The second kappa shape index (κ2) is 10.7. The lowest BCUT2D eigenvalue weighted by atomic mass is 9.78. The van der Waals surface area contributed by atoms with Crippen molar-refractivity contribution < 1.29 is 9.31 Å². The lowest BCUT2D eigenvalue weighted by Gasteiger charge is -2.15. The molecule has 0 amide bonds. The van der Waals surface area contributed by atoms with Gasteiger partial charge in [0.2, 0.25) is 0 Å². The van der Waals surface area contributed by atoms with Crippen LogP contribution in [0.5, 0.6) is 0 Å². The average Bonchev–Trinajstić information content (AvgIpc) is 2.62. The van der Waals surface area contributed by atoms with Gasteiger partial charge in [0.05, 0.1) is 0 Å². The topological polar surface area (TPSA) is 18.5 Å². The Morgan fingerprint density at radius 1 is 0.750 bits per heavy atom. The van der Waals surface area contributed by atoms with E-state index in [1.54, 1.807) is 0 Å². The second-order valence-electron chi connectivity index (χ2n) is 5.91.